The molecular weight excluding hydrogens is 358 g/mol. The molecule has 28 heavy (non-hydrogen) atoms. The SMILES string of the molecule is C[C@H](CCCCC(=O)N1C(=O)OC[C@@H]1Cc1ccccc1)OC1CCCCO1. The van der Waals surface area contributed by atoms with Gasteiger partial charge in [-0.25, -0.2) is 9.69 Å². The molecule has 6 heteroatoms. The number of amides is 2. The fraction of sp³-hybridized carbons (Fsp3) is 0.636. The smallest absolute Gasteiger partial charge is 0.416 e. The van der Waals surface area contributed by atoms with Crippen LogP contribution in [0.4, 0.5) is 4.79 Å². The van der Waals surface area contributed by atoms with Gasteiger partial charge in [0.25, 0.3) is 0 Å². The second-order valence-electron chi connectivity index (χ2n) is 7.67. The lowest BCUT2D eigenvalue weighted by Gasteiger charge is -2.26. The van der Waals surface area contributed by atoms with Crippen LogP contribution in [-0.2, 0) is 25.4 Å². The molecule has 3 atom stereocenters. The topological polar surface area (TPSA) is 65.1 Å². The zero-order chi connectivity index (χ0) is 19.8. The number of imide groups is 1. The van der Waals surface area contributed by atoms with Crippen molar-refractivity contribution in [3.8, 4) is 0 Å². The van der Waals surface area contributed by atoms with Crippen molar-refractivity contribution >= 4 is 12.0 Å². The molecule has 3 rings (SSSR count). The second-order valence-corrected chi connectivity index (χ2v) is 7.67. The van der Waals surface area contributed by atoms with Crippen LogP contribution < -0.4 is 0 Å². The molecule has 0 N–H and O–H groups in total. The van der Waals surface area contributed by atoms with Gasteiger partial charge < -0.3 is 14.2 Å². The van der Waals surface area contributed by atoms with E-state index >= 15 is 0 Å². The molecule has 0 aromatic heterocycles. The van der Waals surface area contributed by atoms with Crippen LogP contribution >= 0.6 is 0 Å². The van der Waals surface area contributed by atoms with Gasteiger partial charge in [0.05, 0.1) is 12.1 Å². The first-order chi connectivity index (χ1) is 13.6. The number of cyclic esters (lactones) is 1. The fourth-order valence-electron chi connectivity index (χ4n) is 3.78. The summed E-state index contributed by atoms with van der Waals surface area (Å²) in [5.41, 5.74) is 1.10. The molecule has 0 spiro atoms. The van der Waals surface area contributed by atoms with Crippen LogP contribution in [0.2, 0.25) is 0 Å². The van der Waals surface area contributed by atoms with Gasteiger partial charge >= 0.3 is 6.09 Å². The Morgan fingerprint density at radius 1 is 1.25 bits per heavy atom. The van der Waals surface area contributed by atoms with Gasteiger partial charge in [-0.3, -0.25) is 4.79 Å². The molecule has 0 bridgehead atoms. The van der Waals surface area contributed by atoms with E-state index in [-0.39, 0.29) is 30.9 Å². The monoisotopic (exact) mass is 389 g/mol. The summed E-state index contributed by atoms with van der Waals surface area (Å²) in [5.74, 6) is -0.146. The fourth-order valence-corrected chi connectivity index (χ4v) is 3.78. The summed E-state index contributed by atoms with van der Waals surface area (Å²) in [6.45, 7) is 3.10. The molecule has 1 aromatic carbocycles. The average Bonchev–Trinajstić information content (AvgIpc) is 3.07. The molecule has 1 aromatic rings. The van der Waals surface area contributed by atoms with Gasteiger partial charge in [-0.1, -0.05) is 36.8 Å². The molecule has 0 saturated carbocycles. The van der Waals surface area contributed by atoms with Crippen molar-refractivity contribution in [2.24, 2.45) is 0 Å². The highest BCUT2D eigenvalue weighted by Crippen LogP contribution is 2.21. The van der Waals surface area contributed by atoms with Crippen molar-refractivity contribution in [3.05, 3.63) is 35.9 Å². The lowest BCUT2D eigenvalue weighted by molar-refractivity contribution is -0.185. The Balaban J connectivity index is 1.38. The first kappa shape index (κ1) is 20.8. The zero-order valence-electron chi connectivity index (χ0n) is 16.7. The van der Waals surface area contributed by atoms with Gasteiger partial charge in [0.2, 0.25) is 5.91 Å². The number of hydrogen-bond acceptors (Lipinski definition) is 5. The summed E-state index contributed by atoms with van der Waals surface area (Å²) in [6, 6.07) is 9.66. The Morgan fingerprint density at radius 2 is 2.07 bits per heavy atom. The second kappa shape index (κ2) is 10.6. The summed E-state index contributed by atoms with van der Waals surface area (Å²) in [6.07, 6.45) is 6.22. The Kier molecular flexibility index (Phi) is 7.86. The maximum absolute atomic E-state index is 12.6. The number of benzene rings is 1. The van der Waals surface area contributed by atoms with Crippen LogP contribution in [0.5, 0.6) is 0 Å². The first-order valence-corrected chi connectivity index (χ1v) is 10.4. The van der Waals surface area contributed by atoms with E-state index in [9.17, 15) is 9.59 Å². The van der Waals surface area contributed by atoms with Crippen LogP contribution in [0, 0.1) is 0 Å². The van der Waals surface area contributed by atoms with Crippen LogP contribution in [0.3, 0.4) is 0 Å². The lowest BCUT2D eigenvalue weighted by atomic mass is 10.1. The zero-order valence-corrected chi connectivity index (χ0v) is 16.7. The Bertz CT molecular complexity index is 629. The van der Waals surface area contributed by atoms with Crippen molar-refractivity contribution in [1.82, 2.24) is 4.90 Å². The van der Waals surface area contributed by atoms with Gasteiger partial charge in [0.15, 0.2) is 6.29 Å². The molecule has 2 aliphatic heterocycles. The van der Waals surface area contributed by atoms with Crippen LogP contribution in [-0.4, -0.2) is 48.5 Å². The van der Waals surface area contributed by atoms with E-state index in [0.29, 0.717) is 12.8 Å². The standard InChI is InChI=1S/C22H31NO5/c1-17(28-21-13-7-8-14-26-21)9-5-6-12-20(24)23-19(16-27-22(23)25)15-18-10-3-2-4-11-18/h2-4,10-11,17,19,21H,5-9,12-16H2,1H3/t17-,19+,21?/m1/s1. The molecular formula is C22H31NO5. The first-order valence-electron chi connectivity index (χ1n) is 10.4. The lowest BCUT2D eigenvalue weighted by Crippen LogP contribution is -2.40. The van der Waals surface area contributed by atoms with E-state index in [1.807, 2.05) is 37.3 Å². The van der Waals surface area contributed by atoms with Gasteiger partial charge in [-0.2, -0.15) is 0 Å². The highest BCUT2D eigenvalue weighted by Gasteiger charge is 2.37. The van der Waals surface area contributed by atoms with E-state index in [2.05, 4.69) is 0 Å². The van der Waals surface area contributed by atoms with Crippen molar-refractivity contribution in [2.45, 2.75) is 76.7 Å². The molecule has 6 nitrogen and oxygen atoms in total. The van der Waals surface area contributed by atoms with E-state index < -0.39 is 6.09 Å². The van der Waals surface area contributed by atoms with Crippen LogP contribution in [0.15, 0.2) is 30.3 Å². The number of ether oxygens (including phenoxy) is 3. The molecule has 154 valence electrons. The largest absolute Gasteiger partial charge is 0.447 e. The minimum atomic E-state index is -0.517. The Morgan fingerprint density at radius 3 is 2.82 bits per heavy atom. The third-order valence-electron chi connectivity index (χ3n) is 5.32. The molecule has 2 fully saturated rings. The summed E-state index contributed by atoms with van der Waals surface area (Å²) in [4.78, 5) is 25.9. The summed E-state index contributed by atoms with van der Waals surface area (Å²) in [7, 11) is 0. The van der Waals surface area contributed by atoms with E-state index in [1.54, 1.807) is 0 Å². The predicted molar refractivity (Wildman–Crippen MR) is 105 cm³/mol. The number of nitrogens with zero attached hydrogens (tertiary/aromatic N) is 1. The minimum absolute atomic E-state index is 0.0801. The summed E-state index contributed by atoms with van der Waals surface area (Å²) in [5, 5.41) is 0. The third-order valence-corrected chi connectivity index (χ3v) is 5.32. The average molecular weight is 389 g/mol. The molecule has 0 radical (unpaired) electrons. The van der Waals surface area contributed by atoms with Crippen molar-refractivity contribution in [1.29, 1.82) is 0 Å². The van der Waals surface area contributed by atoms with E-state index in [0.717, 1.165) is 50.7 Å². The normalized spacial score (nSPS) is 23.5. The van der Waals surface area contributed by atoms with Crippen LogP contribution in [0.25, 0.3) is 0 Å². The number of rotatable bonds is 9. The number of unbranched alkanes of at least 4 members (excludes halogenated alkanes) is 1. The summed E-state index contributed by atoms with van der Waals surface area (Å²) < 4.78 is 16.6. The Hall–Kier alpha value is -1.92. The maximum atomic E-state index is 12.6. The summed E-state index contributed by atoms with van der Waals surface area (Å²) >= 11 is 0. The predicted octanol–water partition coefficient (Wildman–Crippen LogP) is 4.07. The maximum Gasteiger partial charge on any atom is 0.416 e. The number of carbonyl (C=O) groups is 2. The quantitative estimate of drug-likeness (QED) is 0.596. The van der Waals surface area contributed by atoms with Crippen molar-refractivity contribution in [2.75, 3.05) is 13.2 Å². The van der Waals surface area contributed by atoms with Gasteiger partial charge in [-0.15, -0.1) is 0 Å². The number of carbonyl (C=O) groups excluding carboxylic acids is 2. The Labute approximate surface area is 167 Å². The van der Waals surface area contributed by atoms with Gasteiger partial charge in [-0.05, 0) is 51.0 Å². The highest BCUT2D eigenvalue weighted by molar-refractivity contribution is 5.93. The molecule has 0 aliphatic carbocycles. The molecule has 2 saturated heterocycles. The van der Waals surface area contributed by atoms with E-state index in [4.69, 9.17) is 14.2 Å². The van der Waals surface area contributed by atoms with Gasteiger partial charge in [0, 0.05) is 13.0 Å². The molecule has 1 unspecified atom stereocenters. The molecule has 2 amide bonds. The van der Waals surface area contributed by atoms with Gasteiger partial charge in [0.1, 0.15) is 6.61 Å². The van der Waals surface area contributed by atoms with Crippen molar-refractivity contribution in [3.63, 3.8) is 0 Å². The minimum Gasteiger partial charge on any atom is -0.447 e. The molecule has 2 aliphatic rings. The van der Waals surface area contributed by atoms with E-state index in [1.165, 1.54) is 4.90 Å². The van der Waals surface area contributed by atoms with Crippen molar-refractivity contribution < 1.29 is 23.8 Å². The van der Waals surface area contributed by atoms with Crippen LogP contribution in [0.1, 0.15) is 57.4 Å². The highest BCUT2D eigenvalue weighted by atomic mass is 16.7. The third kappa shape index (κ3) is 6.04. The molecule has 2 heterocycles. The number of hydrogen-bond donors (Lipinski definition) is 0.